The topological polar surface area (TPSA) is 76.4 Å². The van der Waals surface area contributed by atoms with Crippen molar-refractivity contribution in [2.75, 3.05) is 5.73 Å². The Morgan fingerprint density at radius 1 is 1.45 bits per heavy atom. The molecule has 0 amide bonds. The number of nitrogens with two attached hydrogens (primary N) is 1. The highest BCUT2D eigenvalue weighted by atomic mass is 16.3. The fraction of sp³-hybridized carbons (Fsp3) is 0. The summed E-state index contributed by atoms with van der Waals surface area (Å²) in [7, 11) is 0. The lowest BCUT2D eigenvalue weighted by molar-refractivity contribution is 0.457. The zero-order chi connectivity index (χ0) is 7.84. The van der Waals surface area contributed by atoms with Gasteiger partial charge in [-0.2, -0.15) is 4.98 Å². The number of anilines is 1. The summed E-state index contributed by atoms with van der Waals surface area (Å²) in [4.78, 5) is 7.57. The van der Waals surface area contributed by atoms with Gasteiger partial charge in [0.2, 0.25) is 11.7 Å². The van der Waals surface area contributed by atoms with Crippen LogP contribution in [0.5, 0.6) is 5.88 Å². The predicted molar refractivity (Wildman–Crippen MR) is 39.1 cm³/mol. The molecule has 0 aliphatic rings. The molecule has 2 heterocycles. The van der Waals surface area contributed by atoms with Gasteiger partial charge in [-0.05, 0) is 0 Å². The maximum absolute atomic E-state index is 8.93. The first-order valence-corrected chi connectivity index (χ1v) is 3.05. The number of imidazole rings is 1. The van der Waals surface area contributed by atoms with Crippen molar-refractivity contribution in [3.8, 4) is 5.88 Å². The monoisotopic (exact) mass is 150 g/mol. The molecule has 3 N–H and O–H groups in total. The third-order valence-electron chi connectivity index (χ3n) is 1.32. The first-order valence-electron chi connectivity index (χ1n) is 3.05. The quantitative estimate of drug-likeness (QED) is 0.555. The lowest BCUT2D eigenvalue weighted by Gasteiger charge is -1.91. The van der Waals surface area contributed by atoms with Gasteiger partial charge >= 0.3 is 0 Å². The first-order chi connectivity index (χ1) is 5.25. The van der Waals surface area contributed by atoms with Crippen LogP contribution in [0, 0.1) is 0 Å². The molecule has 5 nitrogen and oxygen atoms in total. The van der Waals surface area contributed by atoms with Crippen LogP contribution in [0.3, 0.4) is 0 Å². The van der Waals surface area contributed by atoms with Crippen molar-refractivity contribution >= 4 is 11.5 Å². The van der Waals surface area contributed by atoms with Crippen LogP contribution < -0.4 is 5.73 Å². The Bertz CT molecular complexity index is 394. The fourth-order valence-electron chi connectivity index (χ4n) is 0.888. The van der Waals surface area contributed by atoms with Crippen molar-refractivity contribution in [1.29, 1.82) is 0 Å². The molecule has 2 rings (SSSR count). The summed E-state index contributed by atoms with van der Waals surface area (Å²) < 4.78 is 1.56. The van der Waals surface area contributed by atoms with E-state index in [2.05, 4.69) is 9.97 Å². The minimum absolute atomic E-state index is 0.0527. The molecular formula is C6H6N4O. The Balaban J connectivity index is 2.82. The second kappa shape index (κ2) is 1.85. The number of rotatable bonds is 0. The highest BCUT2D eigenvalue weighted by Crippen LogP contribution is 2.08. The zero-order valence-electron chi connectivity index (χ0n) is 5.60. The van der Waals surface area contributed by atoms with Crippen molar-refractivity contribution in [3.05, 3.63) is 18.6 Å². The average Bonchev–Trinajstić information content (AvgIpc) is 2.27. The lowest BCUT2D eigenvalue weighted by Crippen LogP contribution is -1.91. The van der Waals surface area contributed by atoms with Crippen LogP contribution in [-0.2, 0) is 0 Å². The van der Waals surface area contributed by atoms with Gasteiger partial charge in [0.15, 0.2) is 0 Å². The molecule has 0 saturated carbocycles. The molecule has 11 heavy (non-hydrogen) atoms. The van der Waals surface area contributed by atoms with E-state index in [1.807, 2.05) is 0 Å². The second-order valence-electron chi connectivity index (χ2n) is 2.19. The number of hydrogen-bond acceptors (Lipinski definition) is 4. The van der Waals surface area contributed by atoms with Gasteiger partial charge in [-0.3, -0.25) is 4.40 Å². The van der Waals surface area contributed by atoms with Gasteiger partial charge in [-0.15, -0.1) is 0 Å². The molecule has 0 radical (unpaired) electrons. The highest BCUT2D eigenvalue weighted by Gasteiger charge is 1.98. The second-order valence-corrected chi connectivity index (χ2v) is 2.19. The molecule has 0 atom stereocenters. The summed E-state index contributed by atoms with van der Waals surface area (Å²) in [5.74, 6) is 0.389. The molecule has 5 heteroatoms. The van der Waals surface area contributed by atoms with Gasteiger partial charge in [0.05, 0.1) is 18.1 Å². The maximum Gasteiger partial charge on any atom is 0.237 e. The molecule has 0 spiro atoms. The first kappa shape index (κ1) is 5.96. The lowest BCUT2D eigenvalue weighted by atomic mass is 10.6. The van der Waals surface area contributed by atoms with Crippen molar-refractivity contribution < 1.29 is 5.11 Å². The molecule has 0 bridgehead atoms. The van der Waals surface area contributed by atoms with Crippen LogP contribution >= 0.6 is 0 Å². The number of nitrogens with zero attached hydrogens (tertiary/aromatic N) is 3. The highest BCUT2D eigenvalue weighted by molar-refractivity contribution is 5.40. The summed E-state index contributed by atoms with van der Waals surface area (Å²) in [6.07, 6.45) is 4.57. The number of hydrogen-bond donors (Lipinski definition) is 2. The van der Waals surface area contributed by atoms with Gasteiger partial charge in [0.1, 0.15) is 0 Å². The van der Waals surface area contributed by atoms with Crippen molar-refractivity contribution in [2.24, 2.45) is 0 Å². The Labute approximate surface area is 62.1 Å². The number of fused-ring (bicyclic) bond motifs is 1. The normalized spacial score (nSPS) is 10.5. The fourth-order valence-corrected chi connectivity index (χ4v) is 0.888. The van der Waals surface area contributed by atoms with Gasteiger partial charge < -0.3 is 10.8 Å². The minimum Gasteiger partial charge on any atom is -0.492 e. The van der Waals surface area contributed by atoms with E-state index in [0.29, 0.717) is 11.5 Å². The summed E-state index contributed by atoms with van der Waals surface area (Å²) in [6, 6.07) is 0. The molecule has 2 aromatic heterocycles. The van der Waals surface area contributed by atoms with E-state index < -0.39 is 0 Å². The van der Waals surface area contributed by atoms with E-state index in [1.54, 1.807) is 10.6 Å². The van der Waals surface area contributed by atoms with Crippen LogP contribution in [0.4, 0.5) is 5.69 Å². The molecule has 0 aliphatic carbocycles. The molecule has 0 unspecified atom stereocenters. The van der Waals surface area contributed by atoms with Crippen LogP contribution in [-0.4, -0.2) is 19.5 Å². The smallest absolute Gasteiger partial charge is 0.237 e. The number of aromatic hydroxyl groups is 1. The van der Waals surface area contributed by atoms with E-state index in [9.17, 15) is 0 Å². The summed E-state index contributed by atoms with van der Waals surface area (Å²) in [6.45, 7) is 0. The van der Waals surface area contributed by atoms with Gasteiger partial charge in [-0.1, -0.05) is 0 Å². The maximum atomic E-state index is 8.93. The van der Waals surface area contributed by atoms with Crippen molar-refractivity contribution in [3.63, 3.8) is 0 Å². The van der Waals surface area contributed by atoms with Crippen LogP contribution in [0.2, 0.25) is 0 Å². The standard InChI is InChI=1S/C6H6N4O/c7-4-1-8-6-9-5(11)3-10(6)2-4/h1-3,11H,7H2. The van der Waals surface area contributed by atoms with E-state index in [-0.39, 0.29) is 5.88 Å². The summed E-state index contributed by atoms with van der Waals surface area (Å²) in [5, 5.41) is 8.93. The Morgan fingerprint density at radius 2 is 2.27 bits per heavy atom. The van der Waals surface area contributed by atoms with E-state index >= 15 is 0 Å². The predicted octanol–water partition coefficient (Wildman–Crippen LogP) is 0.0171. The average molecular weight is 150 g/mol. The zero-order valence-corrected chi connectivity index (χ0v) is 5.60. The molecule has 0 aromatic carbocycles. The van der Waals surface area contributed by atoms with Crippen molar-refractivity contribution in [2.45, 2.75) is 0 Å². The molecule has 0 saturated heterocycles. The van der Waals surface area contributed by atoms with E-state index in [4.69, 9.17) is 10.8 Å². The van der Waals surface area contributed by atoms with Gasteiger partial charge in [0, 0.05) is 6.20 Å². The molecule has 2 aromatic rings. The Kier molecular flexibility index (Phi) is 1.00. The molecular weight excluding hydrogens is 144 g/mol. The van der Waals surface area contributed by atoms with Gasteiger partial charge in [0.25, 0.3) is 0 Å². The largest absolute Gasteiger partial charge is 0.492 e. The molecule has 0 aliphatic heterocycles. The van der Waals surface area contributed by atoms with Gasteiger partial charge in [-0.25, -0.2) is 4.98 Å². The third kappa shape index (κ3) is 0.861. The Morgan fingerprint density at radius 3 is 3.09 bits per heavy atom. The summed E-state index contributed by atoms with van der Waals surface area (Å²) in [5.41, 5.74) is 5.98. The van der Waals surface area contributed by atoms with Crippen LogP contribution in [0.1, 0.15) is 0 Å². The summed E-state index contributed by atoms with van der Waals surface area (Å²) >= 11 is 0. The Hall–Kier alpha value is -1.78. The third-order valence-corrected chi connectivity index (χ3v) is 1.32. The van der Waals surface area contributed by atoms with Crippen molar-refractivity contribution in [1.82, 2.24) is 14.4 Å². The minimum atomic E-state index is -0.0527. The van der Waals surface area contributed by atoms with E-state index in [0.717, 1.165) is 0 Å². The SMILES string of the molecule is Nc1cnc2nc(O)cn2c1. The van der Waals surface area contributed by atoms with Crippen LogP contribution in [0.15, 0.2) is 18.6 Å². The van der Waals surface area contributed by atoms with E-state index in [1.165, 1.54) is 12.4 Å². The van der Waals surface area contributed by atoms with Crippen LogP contribution in [0.25, 0.3) is 5.78 Å². The number of nitrogen functional groups attached to an aromatic ring is 1. The molecule has 56 valence electrons. The number of aromatic nitrogens is 3. The molecule has 0 fully saturated rings.